The Morgan fingerprint density at radius 2 is 1.70 bits per heavy atom. The second kappa shape index (κ2) is 6.50. The maximum Gasteiger partial charge on any atom is 0.323 e. The van der Waals surface area contributed by atoms with Crippen molar-refractivity contribution in [2.24, 2.45) is 0 Å². The van der Waals surface area contributed by atoms with E-state index < -0.39 is 25.0 Å². The standard InChI is InChI=1S/C12H15N3O5/c1-14(2)12(20)9-5-8(3-4-13-9)15(6-10(16)17)7-11(18)19/h3-5H,6-7H2,1-2H3,(H,16,17)(H,18,19). The molecule has 0 saturated carbocycles. The number of aromatic nitrogens is 1. The minimum Gasteiger partial charge on any atom is -0.480 e. The number of carbonyl (C=O) groups excluding carboxylic acids is 1. The van der Waals surface area contributed by atoms with E-state index in [2.05, 4.69) is 4.98 Å². The van der Waals surface area contributed by atoms with Gasteiger partial charge in [0.25, 0.3) is 5.91 Å². The van der Waals surface area contributed by atoms with Crippen molar-refractivity contribution in [2.75, 3.05) is 32.1 Å². The molecule has 8 heteroatoms. The predicted molar refractivity (Wildman–Crippen MR) is 69.7 cm³/mol. The molecule has 1 aromatic heterocycles. The SMILES string of the molecule is CN(C)C(=O)c1cc(N(CC(=O)O)CC(=O)O)ccn1. The predicted octanol–water partition coefficient (Wildman–Crippen LogP) is -0.241. The third kappa shape index (κ3) is 4.23. The molecule has 1 amide bonds. The van der Waals surface area contributed by atoms with Crippen LogP contribution in [0.15, 0.2) is 18.3 Å². The van der Waals surface area contributed by atoms with Crippen LogP contribution in [0.3, 0.4) is 0 Å². The number of aliphatic carboxylic acids is 2. The molecular weight excluding hydrogens is 266 g/mol. The summed E-state index contributed by atoms with van der Waals surface area (Å²) < 4.78 is 0. The molecule has 0 fully saturated rings. The molecule has 0 aliphatic carbocycles. The third-order valence-corrected chi connectivity index (χ3v) is 2.39. The van der Waals surface area contributed by atoms with E-state index in [1.165, 1.54) is 23.2 Å². The van der Waals surface area contributed by atoms with Crippen LogP contribution in [0.2, 0.25) is 0 Å². The number of carbonyl (C=O) groups is 3. The van der Waals surface area contributed by atoms with Crippen molar-refractivity contribution < 1.29 is 24.6 Å². The number of hydrogen-bond donors (Lipinski definition) is 2. The van der Waals surface area contributed by atoms with Crippen molar-refractivity contribution in [1.82, 2.24) is 9.88 Å². The Morgan fingerprint density at radius 3 is 2.15 bits per heavy atom. The van der Waals surface area contributed by atoms with E-state index in [4.69, 9.17) is 10.2 Å². The smallest absolute Gasteiger partial charge is 0.323 e. The van der Waals surface area contributed by atoms with Crippen molar-refractivity contribution in [3.63, 3.8) is 0 Å². The quantitative estimate of drug-likeness (QED) is 0.740. The van der Waals surface area contributed by atoms with Crippen molar-refractivity contribution >= 4 is 23.5 Å². The molecular formula is C12H15N3O5. The minimum absolute atomic E-state index is 0.119. The van der Waals surface area contributed by atoms with Gasteiger partial charge in [-0.05, 0) is 12.1 Å². The summed E-state index contributed by atoms with van der Waals surface area (Å²) in [7, 11) is 3.12. The van der Waals surface area contributed by atoms with Gasteiger partial charge in [-0.1, -0.05) is 0 Å². The Balaban J connectivity index is 3.07. The van der Waals surface area contributed by atoms with Crippen LogP contribution in [0.5, 0.6) is 0 Å². The van der Waals surface area contributed by atoms with E-state index in [0.717, 1.165) is 4.90 Å². The Kier molecular flexibility index (Phi) is 5.01. The minimum atomic E-state index is -1.16. The normalized spacial score (nSPS) is 9.90. The summed E-state index contributed by atoms with van der Waals surface area (Å²) in [5.74, 6) is -2.68. The summed E-state index contributed by atoms with van der Waals surface area (Å²) in [6.45, 7) is -0.960. The first kappa shape index (κ1) is 15.4. The second-order valence-corrected chi connectivity index (χ2v) is 4.24. The summed E-state index contributed by atoms with van der Waals surface area (Å²) in [6.07, 6.45) is 1.34. The van der Waals surface area contributed by atoms with E-state index in [1.54, 1.807) is 14.1 Å². The molecule has 20 heavy (non-hydrogen) atoms. The average molecular weight is 281 g/mol. The zero-order valence-electron chi connectivity index (χ0n) is 11.1. The van der Waals surface area contributed by atoms with E-state index in [-0.39, 0.29) is 11.6 Å². The van der Waals surface area contributed by atoms with Gasteiger partial charge in [0, 0.05) is 26.0 Å². The molecule has 0 aromatic carbocycles. The van der Waals surface area contributed by atoms with Gasteiger partial charge in [0.1, 0.15) is 18.8 Å². The summed E-state index contributed by atoms with van der Waals surface area (Å²) in [5, 5.41) is 17.6. The zero-order chi connectivity index (χ0) is 15.3. The Morgan fingerprint density at radius 1 is 1.15 bits per heavy atom. The molecule has 0 unspecified atom stereocenters. The number of nitrogens with zero attached hydrogens (tertiary/aromatic N) is 3. The van der Waals surface area contributed by atoms with Crippen LogP contribution in [0, 0.1) is 0 Å². The highest BCUT2D eigenvalue weighted by atomic mass is 16.4. The lowest BCUT2D eigenvalue weighted by Gasteiger charge is -2.21. The van der Waals surface area contributed by atoms with Crippen LogP contribution < -0.4 is 4.90 Å². The largest absolute Gasteiger partial charge is 0.480 e. The monoisotopic (exact) mass is 281 g/mol. The highest BCUT2D eigenvalue weighted by Gasteiger charge is 2.17. The molecule has 0 radical (unpaired) electrons. The first-order valence-corrected chi connectivity index (χ1v) is 5.67. The molecule has 1 heterocycles. The third-order valence-electron chi connectivity index (χ3n) is 2.39. The van der Waals surface area contributed by atoms with Crippen LogP contribution in [0.4, 0.5) is 5.69 Å². The topological polar surface area (TPSA) is 111 Å². The van der Waals surface area contributed by atoms with Gasteiger partial charge in [-0.15, -0.1) is 0 Å². The molecule has 1 aromatic rings. The molecule has 1 rings (SSSR count). The molecule has 0 saturated heterocycles. The molecule has 8 nitrogen and oxygen atoms in total. The molecule has 0 aliphatic rings. The number of anilines is 1. The summed E-state index contributed by atoms with van der Waals surface area (Å²) in [5.41, 5.74) is 0.434. The summed E-state index contributed by atoms with van der Waals surface area (Å²) in [6, 6.07) is 2.83. The van der Waals surface area contributed by atoms with Gasteiger partial charge in [0.05, 0.1) is 0 Å². The Hall–Kier alpha value is -2.64. The van der Waals surface area contributed by atoms with Gasteiger partial charge in [-0.2, -0.15) is 0 Å². The van der Waals surface area contributed by atoms with Crippen molar-refractivity contribution in [1.29, 1.82) is 0 Å². The number of carboxylic acid groups (broad SMARTS) is 2. The average Bonchev–Trinajstić information content (AvgIpc) is 2.36. The van der Waals surface area contributed by atoms with E-state index in [9.17, 15) is 14.4 Å². The fourth-order valence-corrected chi connectivity index (χ4v) is 1.53. The van der Waals surface area contributed by atoms with E-state index in [0.29, 0.717) is 5.69 Å². The van der Waals surface area contributed by atoms with Crippen molar-refractivity contribution in [3.8, 4) is 0 Å². The number of pyridine rings is 1. The van der Waals surface area contributed by atoms with Gasteiger partial charge < -0.3 is 20.0 Å². The number of hydrogen-bond acceptors (Lipinski definition) is 5. The van der Waals surface area contributed by atoms with E-state index >= 15 is 0 Å². The van der Waals surface area contributed by atoms with Gasteiger partial charge in [0.2, 0.25) is 0 Å². The van der Waals surface area contributed by atoms with Gasteiger partial charge in [-0.3, -0.25) is 19.4 Å². The molecule has 0 bridgehead atoms. The summed E-state index contributed by atoms with van der Waals surface area (Å²) >= 11 is 0. The lowest BCUT2D eigenvalue weighted by molar-refractivity contribution is -0.136. The summed E-state index contributed by atoms with van der Waals surface area (Å²) in [4.78, 5) is 39.7. The van der Waals surface area contributed by atoms with Crippen LogP contribution >= 0.6 is 0 Å². The van der Waals surface area contributed by atoms with Gasteiger partial charge >= 0.3 is 11.9 Å². The lowest BCUT2D eigenvalue weighted by Crippen LogP contribution is -2.34. The fourth-order valence-electron chi connectivity index (χ4n) is 1.53. The Labute approximate surface area is 115 Å². The Bertz CT molecular complexity index is 514. The van der Waals surface area contributed by atoms with Crippen LogP contribution in [0.25, 0.3) is 0 Å². The fraction of sp³-hybridized carbons (Fsp3) is 0.333. The molecule has 108 valence electrons. The number of carboxylic acids is 2. The van der Waals surface area contributed by atoms with E-state index in [1.807, 2.05) is 0 Å². The van der Waals surface area contributed by atoms with Gasteiger partial charge in [-0.25, -0.2) is 0 Å². The van der Waals surface area contributed by atoms with Crippen LogP contribution in [-0.4, -0.2) is 65.1 Å². The second-order valence-electron chi connectivity index (χ2n) is 4.24. The highest BCUT2D eigenvalue weighted by Crippen LogP contribution is 2.15. The van der Waals surface area contributed by atoms with Crippen molar-refractivity contribution in [2.45, 2.75) is 0 Å². The molecule has 0 aliphatic heterocycles. The molecule has 0 spiro atoms. The molecule has 2 N–H and O–H groups in total. The highest BCUT2D eigenvalue weighted by molar-refractivity contribution is 5.93. The lowest BCUT2D eigenvalue weighted by atomic mass is 10.2. The van der Waals surface area contributed by atoms with Crippen molar-refractivity contribution in [3.05, 3.63) is 24.0 Å². The first-order chi connectivity index (χ1) is 9.31. The first-order valence-electron chi connectivity index (χ1n) is 5.67. The molecule has 0 atom stereocenters. The van der Waals surface area contributed by atoms with Crippen LogP contribution in [-0.2, 0) is 9.59 Å². The number of amides is 1. The maximum atomic E-state index is 11.8. The zero-order valence-corrected chi connectivity index (χ0v) is 11.1. The number of rotatable bonds is 6. The van der Waals surface area contributed by atoms with Crippen LogP contribution in [0.1, 0.15) is 10.5 Å². The maximum absolute atomic E-state index is 11.8. The van der Waals surface area contributed by atoms with Gasteiger partial charge in [0.15, 0.2) is 0 Å².